The van der Waals surface area contributed by atoms with Crippen LogP contribution in [0.4, 0.5) is 0 Å². The number of nitrogens with zero attached hydrogens (tertiary/aromatic N) is 1. The molecule has 1 heterocycles. The molecule has 3 aliphatic carbocycles. The summed E-state index contributed by atoms with van der Waals surface area (Å²) in [6.45, 7) is 0. The molecule has 3 N–H and O–H groups in total. The first-order chi connectivity index (χ1) is 9.88. The topological polar surface area (TPSA) is 80.8 Å². The number of allylic oxidation sites excluding steroid dienone is 1. The Balaban J connectivity index is 1.91. The van der Waals surface area contributed by atoms with Gasteiger partial charge in [-0.15, -0.1) is 0 Å². The molecule has 2 spiro atoms. The molecule has 1 aromatic rings. The number of likely N-dealkylation sites (tertiary alicyclic amines) is 1. The number of aliphatic hydroxyl groups is 1. The fourth-order valence-electron chi connectivity index (χ4n) is 5.48. The van der Waals surface area contributed by atoms with Crippen molar-refractivity contribution in [1.82, 2.24) is 4.90 Å². The van der Waals surface area contributed by atoms with Gasteiger partial charge in [0, 0.05) is 17.4 Å². The Morgan fingerprint density at radius 3 is 2.86 bits per heavy atom. The molecule has 1 saturated carbocycles. The third kappa shape index (κ3) is 0.885. The molecule has 5 heteroatoms. The molecule has 4 aliphatic rings. The van der Waals surface area contributed by atoms with Crippen molar-refractivity contribution in [3.63, 3.8) is 0 Å². The molecule has 2 bridgehead atoms. The van der Waals surface area contributed by atoms with E-state index in [-0.39, 0.29) is 35.3 Å². The monoisotopic (exact) mass is 285 g/mol. The standard InChI is InChI=1S/C16H15NO4/c1-17-13-15(17)7-14(6-8(18)4-5-16(13,14)21)11-9(15)2-3-10(19)12(11)20/h2-5,13,19-21H,6-7H2,1H3. The van der Waals surface area contributed by atoms with E-state index in [1.165, 1.54) is 12.1 Å². The van der Waals surface area contributed by atoms with Crippen LogP contribution in [0.15, 0.2) is 24.3 Å². The maximum atomic E-state index is 12.0. The van der Waals surface area contributed by atoms with Crippen LogP contribution in [-0.4, -0.2) is 44.7 Å². The summed E-state index contributed by atoms with van der Waals surface area (Å²) in [6.07, 6.45) is 3.84. The highest BCUT2D eigenvalue weighted by Crippen LogP contribution is 2.78. The van der Waals surface area contributed by atoms with Crippen molar-refractivity contribution in [2.24, 2.45) is 0 Å². The summed E-state index contributed by atoms with van der Waals surface area (Å²) in [5.74, 6) is -0.435. The maximum Gasteiger partial charge on any atom is 0.161 e. The van der Waals surface area contributed by atoms with Crippen LogP contribution in [-0.2, 0) is 15.7 Å². The molecule has 5 rings (SSSR count). The van der Waals surface area contributed by atoms with Crippen molar-refractivity contribution < 1.29 is 20.1 Å². The number of phenols is 2. The summed E-state index contributed by atoms with van der Waals surface area (Å²) < 4.78 is 0. The molecule has 21 heavy (non-hydrogen) atoms. The molecule has 2 fully saturated rings. The zero-order valence-corrected chi connectivity index (χ0v) is 11.5. The Morgan fingerprint density at radius 1 is 1.33 bits per heavy atom. The lowest BCUT2D eigenvalue weighted by atomic mass is 9.62. The van der Waals surface area contributed by atoms with Crippen LogP contribution in [0, 0.1) is 0 Å². The van der Waals surface area contributed by atoms with E-state index in [4.69, 9.17) is 0 Å². The number of aromatic hydroxyl groups is 2. The maximum absolute atomic E-state index is 12.0. The highest BCUT2D eigenvalue weighted by molar-refractivity contribution is 5.94. The molecular weight excluding hydrogens is 270 g/mol. The number of ketones is 1. The van der Waals surface area contributed by atoms with E-state index in [0.29, 0.717) is 12.0 Å². The van der Waals surface area contributed by atoms with E-state index >= 15 is 0 Å². The third-order valence-electron chi connectivity index (χ3n) is 6.26. The molecule has 5 atom stereocenters. The van der Waals surface area contributed by atoms with E-state index in [0.717, 1.165) is 5.56 Å². The second kappa shape index (κ2) is 2.87. The minimum Gasteiger partial charge on any atom is -0.504 e. The van der Waals surface area contributed by atoms with Crippen molar-refractivity contribution in [3.05, 3.63) is 35.4 Å². The van der Waals surface area contributed by atoms with E-state index in [9.17, 15) is 20.1 Å². The van der Waals surface area contributed by atoms with Crippen LogP contribution in [0.2, 0.25) is 0 Å². The van der Waals surface area contributed by atoms with Gasteiger partial charge in [0.15, 0.2) is 17.3 Å². The number of rotatable bonds is 0. The summed E-state index contributed by atoms with van der Waals surface area (Å²) in [5, 5.41) is 31.5. The Hall–Kier alpha value is -1.85. The van der Waals surface area contributed by atoms with Crippen LogP contribution in [0.1, 0.15) is 24.0 Å². The van der Waals surface area contributed by atoms with Gasteiger partial charge in [-0.1, -0.05) is 6.07 Å². The summed E-state index contributed by atoms with van der Waals surface area (Å²) in [7, 11) is 1.95. The lowest BCUT2D eigenvalue weighted by Crippen LogP contribution is -2.55. The highest BCUT2D eigenvalue weighted by Gasteiger charge is 2.86. The van der Waals surface area contributed by atoms with Crippen LogP contribution in [0.5, 0.6) is 11.5 Å². The average molecular weight is 285 g/mol. The van der Waals surface area contributed by atoms with E-state index < -0.39 is 11.0 Å². The van der Waals surface area contributed by atoms with Gasteiger partial charge >= 0.3 is 0 Å². The number of hydrogen-bond acceptors (Lipinski definition) is 5. The van der Waals surface area contributed by atoms with Crippen LogP contribution >= 0.6 is 0 Å². The predicted molar refractivity (Wildman–Crippen MR) is 73.0 cm³/mol. The van der Waals surface area contributed by atoms with E-state index in [1.807, 2.05) is 13.1 Å². The fourth-order valence-corrected chi connectivity index (χ4v) is 5.48. The van der Waals surface area contributed by atoms with Gasteiger partial charge in [-0.25, -0.2) is 0 Å². The summed E-state index contributed by atoms with van der Waals surface area (Å²) in [5.41, 5.74) is -0.784. The second-order valence-electron chi connectivity index (χ2n) is 6.85. The van der Waals surface area contributed by atoms with Gasteiger partial charge in [-0.2, -0.15) is 0 Å². The van der Waals surface area contributed by atoms with Crippen LogP contribution in [0.25, 0.3) is 0 Å². The largest absolute Gasteiger partial charge is 0.504 e. The predicted octanol–water partition coefficient (Wildman–Crippen LogP) is 0.522. The van der Waals surface area contributed by atoms with Gasteiger partial charge in [0.2, 0.25) is 0 Å². The molecule has 0 amide bonds. The summed E-state index contributed by atoms with van der Waals surface area (Å²) in [4.78, 5) is 14.1. The first-order valence-corrected chi connectivity index (χ1v) is 7.12. The van der Waals surface area contributed by atoms with Crippen molar-refractivity contribution >= 4 is 5.78 Å². The summed E-state index contributed by atoms with van der Waals surface area (Å²) in [6, 6.07) is 3.24. The van der Waals surface area contributed by atoms with Gasteiger partial charge in [0.05, 0.1) is 11.6 Å². The van der Waals surface area contributed by atoms with Gasteiger partial charge in [-0.05, 0) is 37.3 Å². The lowest BCUT2D eigenvalue weighted by Gasteiger charge is -2.44. The number of likely N-dealkylation sites (N-methyl/N-ethyl adjacent to an activating group) is 1. The molecule has 0 radical (unpaired) electrons. The molecular formula is C16H15NO4. The fraction of sp³-hybridized carbons (Fsp3) is 0.438. The number of phenolic OH excluding ortho intramolecular Hbond substituents is 2. The SMILES string of the molecule is CN1C2C13CC1(CC(=O)C=CC21O)c1c3ccc(O)c1O. The first kappa shape index (κ1) is 11.8. The first-order valence-electron chi connectivity index (χ1n) is 7.12. The number of hydrogen-bond donors (Lipinski definition) is 3. The Labute approximate surface area is 121 Å². The summed E-state index contributed by atoms with van der Waals surface area (Å²) >= 11 is 0. The van der Waals surface area contributed by atoms with Crippen LogP contribution in [0.3, 0.4) is 0 Å². The average Bonchev–Trinajstić information content (AvgIpc) is 2.81. The number of piperidine rings is 1. The number of benzene rings is 1. The van der Waals surface area contributed by atoms with Crippen molar-refractivity contribution in [2.75, 3.05) is 7.05 Å². The Morgan fingerprint density at radius 2 is 2.10 bits per heavy atom. The zero-order valence-electron chi connectivity index (χ0n) is 11.5. The normalized spacial score (nSPS) is 48.0. The van der Waals surface area contributed by atoms with Crippen molar-refractivity contribution in [1.29, 1.82) is 0 Å². The number of carbonyl (C=O) groups excluding carboxylic acids is 1. The lowest BCUT2D eigenvalue weighted by molar-refractivity contribution is -0.120. The van der Waals surface area contributed by atoms with E-state index in [2.05, 4.69) is 4.90 Å². The highest BCUT2D eigenvalue weighted by atomic mass is 16.3. The van der Waals surface area contributed by atoms with E-state index in [1.54, 1.807) is 6.08 Å². The van der Waals surface area contributed by atoms with Crippen molar-refractivity contribution in [3.8, 4) is 11.5 Å². The molecule has 1 aromatic carbocycles. The van der Waals surface area contributed by atoms with Crippen molar-refractivity contribution in [2.45, 2.75) is 35.4 Å². The van der Waals surface area contributed by atoms with Gasteiger partial charge < -0.3 is 15.3 Å². The molecule has 5 unspecified atom stereocenters. The quantitative estimate of drug-likeness (QED) is 0.478. The number of fused-ring (bicyclic) bond motifs is 2. The smallest absolute Gasteiger partial charge is 0.161 e. The molecule has 0 aromatic heterocycles. The second-order valence-corrected chi connectivity index (χ2v) is 6.85. The molecule has 5 nitrogen and oxygen atoms in total. The van der Waals surface area contributed by atoms with Gasteiger partial charge in [0.25, 0.3) is 0 Å². The van der Waals surface area contributed by atoms with Gasteiger partial charge in [0.1, 0.15) is 5.60 Å². The molecule has 1 aliphatic heterocycles. The minimum atomic E-state index is -1.16. The molecule has 108 valence electrons. The Kier molecular flexibility index (Phi) is 1.61. The molecule has 1 saturated heterocycles. The zero-order chi connectivity index (χ0) is 14.8. The van der Waals surface area contributed by atoms with Gasteiger partial charge in [-0.3, -0.25) is 9.69 Å². The third-order valence-corrected chi connectivity index (χ3v) is 6.26. The minimum absolute atomic E-state index is 0.0469. The van der Waals surface area contributed by atoms with Crippen LogP contribution < -0.4 is 0 Å². The number of carbonyl (C=O) groups is 1. The Bertz CT molecular complexity index is 772.